The molecule has 0 spiro atoms. The normalized spacial score (nSPS) is 21.1. The van der Waals surface area contributed by atoms with E-state index >= 15 is 0 Å². The maximum atomic E-state index is 14.0. The Morgan fingerprint density at radius 3 is 2.68 bits per heavy atom. The van der Waals surface area contributed by atoms with E-state index in [1.165, 1.54) is 29.5 Å². The maximum Gasteiger partial charge on any atom is 0.410 e. The first-order valence-corrected chi connectivity index (χ1v) is 13.1. The van der Waals surface area contributed by atoms with Gasteiger partial charge < -0.3 is 16.4 Å². The number of fused-ring (bicyclic) bond motifs is 2. The molecule has 0 unspecified atom stereocenters. The summed E-state index contributed by atoms with van der Waals surface area (Å²) in [5.41, 5.74) is 7.00. The molecule has 196 valence electrons. The number of rotatable bonds is 4. The highest BCUT2D eigenvalue weighted by Gasteiger charge is 2.47. The number of nitrogens with one attached hydrogen (secondary N) is 2. The Hall–Kier alpha value is -2.76. The number of nitrogens with two attached hydrogens (primary N) is 1. The van der Waals surface area contributed by atoms with E-state index in [-0.39, 0.29) is 38.5 Å². The summed E-state index contributed by atoms with van der Waals surface area (Å²) in [5.74, 6) is -0.923. The third kappa shape index (κ3) is 4.92. The first kappa shape index (κ1) is 25.9. The van der Waals surface area contributed by atoms with Crippen molar-refractivity contribution in [3.63, 3.8) is 0 Å². The highest BCUT2D eigenvalue weighted by Crippen LogP contribution is 2.45. The molecular weight excluding hydrogens is 550 g/mol. The number of carbonyl (C=O) groups is 2. The smallest absolute Gasteiger partial charge is 0.365 e. The molecule has 0 bridgehead atoms. The first-order valence-electron chi connectivity index (χ1n) is 11.6. The summed E-state index contributed by atoms with van der Waals surface area (Å²) in [4.78, 5) is 26.3. The predicted octanol–water partition coefficient (Wildman–Crippen LogP) is 6.39. The Balaban J connectivity index is 1.46. The molecular formula is C24H22Cl2F3N5O2S. The van der Waals surface area contributed by atoms with Crippen molar-refractivity contribution in [2.24, 2.45) is 11.7 Å². The molecule has 4 N–H and O–H groups in total. The minimum absolute atomic E-state index is 0.0317. The molecule has 2 aliphatic rings. The van der Waals surface area contributed by atoms with E-state index in [2.05, 4.69) is 22.7 Å². The number of nitrogens with zero attached hydrogens (tertiary/aromatic N) is 2. The van der Waals surface area contributed by atoms with Gasteiger partial charge in [0.15, 0.2) is 11.7 Å². The minimum Gasteiger partial charge on any atom is -0.365 e. The fraction of sp³-hybridized carbons (Fsp3) is 0.375. The van der Waals surface area contributed by atoms with Crippen molar-refractivity contribution in [3.8, 4) is 0 Å². The summed E-state index contributed by atoms with van der Waals surface area (Å²) in [6, 6.07) is 3.18. The largest absolute Gasteiger partial charge is 0.410 e. The Bertz CT molecular complexity index is 1400. The van der Waals surface area contributed by atoms with Crippen LogP contribution in [-0.4, -0.2) is 27.8 Å². The summed E-state index contributed by atoms with van der Waals surface area (Å²) < 4.78 is 42.9. The highest BCUT2D eigenvalue weighted by atomic mass is 35.5. The molecule has 3 atom stereocenters. The molecule has 5 rings (SSSR count). The standard InChI is InChI=1S/C24H22Cl2F3N5O2S/c1-10-2-4-12-17(6-10)37-23(20(12)21(30)35)32-22(36)16-9-19-31-15(11-3-5-13(25)14(26)7-11)8-18(24(27,28)29)34(19)33-16/h3,5,7,9-10,15,18,31H,2,4,6,8H2,1H3,(H2,30,35)(H,32,36)/t10-,15-,18-/m1/s1. The zero-order valence-corrected chi connectivity index (χ0v) is 21.8. The van der Waals surface area contributed by atoms with Gasteiger partial charge in [0.2, 0.25) is 0 Å². The zero-order chi connectivity index (χ0) is 26.6. The van der Waals surface area contributed by atoms with Crippen LogP contribution in [0.1, 0.15) is 68.7 Å². The number of hydrogen-bond donors (Lipinski definition) is 3. The topological polar surface area (TPSA) is 102 Å². The van der Waals surface area contributed by atoms with Gasteiger partial charge in [-0.1, -0.05) is 36.2 Å². The number of halogens is 5. The van der Waals surface area contributed by atoms with Crippen LogP contribution in [-0.2, 0) is 12.8 Å². The number of primary amides is 1. The van der Waals surface area contributed by atoms with Crippen LogP contribution in [0.5, 0.6) is 0 Å². The van der Waals surface area contributed by atoms with Crippen LogP contribution >= 0.6 is 34.5 Å². The fourth-order valence-electron chi connectivity index (χ4n) is 4.90. The molecule has 3 heterocycles. The van der Waals surface area contributed by atoms with Gasteiger partial charge in [0.1, 0.15) is 10.8 Å². The average Bonchev–Trinajstić information content (AvgIpc) is 3.40. The Morgan fingerprint density at radius 2 is 2.00 bits per heavy atom. The van der Waals surface area contributed by atoms with Crippen molar-refractivity contribution >= 4 is 57.2 Å². The molecule has 13 heteroatoms. The maximum absolute atomic E-state index is 14.0. The van der Waals surface area contributed by atoms with Crippen molar-refractivity contribution < 1.29 is 22.8 Å². The van der Waals surface area contributed by atoms with E-state index in [9.17, 15) is 22.8 Å². The second-order valence-electron chi connectivity index (χ2n) is 9.40. The van der Waals surface area contributed by atoms with Crippen LogP contribution in [0.4, 0.5) is 24.0 Å². The molecule has 1 aliphatic carbocycles. The van der Waals surface area contributed by atoms with E-state index in [0.29, 0.717) is 17.9 Å². The van der Waals surface area contributed by atoms with Gasteiger partial charge in [-0.2, -0.15) is 18.3 Å². The van der Waals surface area contributed by atoms with Gasteiger partial charge in [0, 0.05) is 17.4 Å². The molecule has 0 fully saturated rings. The molecule has 0 radical (unpaired) electrons. The molecule has 2 aromatic heterocycles. The molecule has 37 heavy (non-hydrogen) atoms. The minimum atomic E-state index is -4.62. The summed E-state index contributed by atoms with van der Waals surface area (Å²) in [6.45, 7) is 2.11. The summed E-state index contributed by atoms with van der Waals surface area (Å²) >= 11 is 13.3. The molecule has 0 saturated carbocycles. The zero-order valence-electron chi connectivity index (χ0n) is 19.5. The Labute approximate surface area is 224 Å². The lowest BCUT2D eigenvalue weighted by atomic mass is 9.88. The van der Waals surface area contributed by atoms with Crippen LogP contribution in [0.2, 0.25) is 10.0 Å². The molecule has 1 aliphatic heterocycles. The van der Waals surface area contributed by atoms with Gasteiger partial charge in [-0.25, -0.2) is 4.68 Å². The second-order valence-corrected chi connectivity index (χ2v) is 11.3. The number of aromatic nitrogens is 2. The second kappa shape index (κ2) is 9.52. The van der Waals surface area contributed by atoms with Gasteiger partial charge in [-0.3, -0.25) is 9.59 Å². The van der Waals surface area contributed by atoms with E-state index < -0.39 is 30.1 Å². The first-order chi connectivity index (χ1) is 17.4. The lowest BCUT2D eigenvalue weighted by Gasteiger charge is -2.33. The van der Waals surface area contributed by atoms with E-state index in [0.717, 1.165) is 28.0 Å². The van der Waals surface area contributed by atoms with Gasteiger partial charge in [0.25, 0.3) is 11.8 Å². The summed E-state index contributed by atoms with van der Waals surface area (Å²) in [5, 5.41) is 10.5. The Morgan fingerprint density at radius 1 is 1.24 bits per heavy atom. The van der Waals surface area contributed by atoms with Crippen LogP contribution in [0.3, 0.4) is 0 Å². The van der Waals surface area contributed by atoms with E-state index in [1.807, 2.05) is 0 Å². The van der Waals surface area contributed by atoms with Gasteiger partial charge in [-0.05, 0) is 48.4 Å². The number of thiophene rings is 1. The van der Waals surface area contributed by atoms with Crippen molar-refractivity contribution in [2.45, 2.75) is 50.9 Å². The molecule has 7 nitrogen and oxygen atoms in total. The summed E-state index contributed by atoms with van der Waals surface area (Å²) in [7, 11) is 0. The fourth-order valence-corrected chi connectivity index (χ4v) is 6.62. The van der Waals surface area contributed by atoms with Crippen molar-refractivity contribution in [3.05, 3.63) is 61.6 Å². The Kier molecular flexibility index (Phi) is 6.66. The van der Waals surface area contributed by atoms with Crippen molar-refractivity contribution in [1.82, 2.24) is 9.78 Å². The van der Waals surface area contributed by atoms with Gasteiger partial charge in [-0.15, -0.1) is 11.3 Å². The van der Waals surface area contributed by atoms with Crippen LogP contribution in [0, 0.1) is 5.92 Å². The monoisotopic (exact) mass is 571 g/mol. The lowest BCUT2D eigenvalue weighted by molar-refractivity contribution is -0.173. The number of hydrogen-bond acceptors (Lipinski definition) is 5. The number of alkyl halides is 3. The predicted molar refractivity (Wildman–Crippen MR) is 137 cm³/mol. The molecule has 2 amide bonds. The number of anilines is 2. The van der Waals surface area contributed by atoms with Gasteiger partial charge >= 0.3 is 6.18 Å². The van der Waals surface area contributed by atoms with E-state index in [1.54, 1.807) is 6.07 Å². The third-order valence-electron chi connectivity index (χ3n) is 6.75. The average molecular weight is 572 g/mol. The molecule has 3 aromatic rings. The molecule has 0 saturated heterocycles. The lowest BCUT2D eigenvalue weighted by Crippen LogP contribution is -2.35. The highest BCUT2D eigenvalue weighted by molar-refractivity contribution is 7.17. The third-order valence-corrected chi connectivity index (χ3v) is 8.66. The summed E-state index contributed by atoms with van der Waals surface area (Å²) in [6.07, 6.45) is -2.64. The SMILES string of the molecule is C[C@@H]1CCc2c(sc(NC(=O)c3cc4n(n3)[C@@H](C(F)(F)F)C[C@H](c3ccc(Cl)c(Cl)c3)N4)c2C(N)=O)C1. The van der Waals surface area contributed by atoms with Crippen molar-refractivity contribution in [2.75, 3.05) is 10.6 Å². The quantitative estimate of drug-likeness (QED) is 0.337. The van der Waals surface area contributed by atoms with Crippen LogP contribution in [0.25, 0.3) is 0 Å². The van der Waals surface area contributed by atoms with Crippen LogP contribution in [0.15, 0.2) is 24.3 Å². The van der Waals surface area contributed by atoms with Gasteiger partial charge in [0.05, 0.1) is 21.7 Å². The number of carbonyl (C=O) groups excluding carboxylic acids is 2. The number of benzene rings is 1. The van der Waals surface area contributed by atoms with E-state index in [4.69, 9.17) is 28.9 Å². The number of amides is 2. The van der Waals surface area contributed by atoms with Crippen LogP contribution < -0.4 is 16.4 Å². The molecule has 1 aromatic carbocycles. The van der Waals surface area contributed by atoms with Crippen molar-refractivity contribution in [1.29, 1.82) is 0 Å².